The van der Waals surface area contributed by atoms with Gasteiger partial charge in [0.05, 0.1) is 22.7 Å². The number of nitrogens with zero attached hydrogens (tertiary/aromatic N) is 2. The lowest BCUT2D eigenvalue weighted by atomic mass is 10.1. The van der Waals surface area contributed by atoms with Crippen molar-refractivity contribution in [1.82, 2.24) is 0 Å². The summed E-state index contributed by atoms with van der Waals surface area (Å²) in [6.45, 7) is 1.35. The Morgan fingerprint density at radius 1 is 1.43 bits per heavy atom. The number of rotatable bonds is 3. The number of nitrogens with two attached hydrogens (primary N) is 1. The number of carboxylic acid groups (broad SMARTS) is 1. The summed E-state index contributed by atoms with van der Waals surface area (Å²) in [5.41, 5.74) is 5.43. The van der Waals surface area contributed by atoms with Crippen LogP contribution >= 0.6 is 0 Å². The van der Waals surface area contributed by atoms with E-state index in [-0.39, 0.29) is 29.1 Å². The minimum Gasteiger partial charge on any atom is -0.477 e. The van der Waals surface area contributed by atoms with Gasteiger partial charge in [-0.05, 0) is 24.6 Å². The predicted molar refractivity (Wildman–Crippen MR) is 72.6 cm³/mol. The molecule has 0 unspecified atom stereocenters. The normalized spacial score (nSPS) is 15.2. The highest BCUT2D eigenvalue weighted by Gasteiger charge is 2.31. The van der Waals surface area contributed by atoms with Gasteiger partial charge >= 0.3 is 5.97 Å². The van der Waals surface area contributed by atoms with Gasteiger partial charge in [0.25, 0.3) is 16.0 Å². The molecule has 0 saturated heterocycles. The molecule has 4 N–H and O–H groups in total. The number of hydrogen-bond acceptors (Lipinski definition) is 6. The van der Waals surface area contributed by atoms with E-state index in [9.17, 15) is 18.0 Å². The molecule has 0 spiro atoms. The molecule has 0 radical (unpaired) electrons. The number of hydrogen-bond donors (Lipinski definition) is 3. The van der Waals surface area contributed by atoms with Gasteiger partial charge in [0.1, 0.15) is 0 Å². The maximum absolute atomic E-state index is 11.8. The Bertz CT molecular complexity index is 783. The molecule has 1 aliphatic heterocycles. The van der Waals surface area contributed by atoms with E-state index < -0.39 is 26.9 Å². The number of carbonyl (C=O) groups is 2. The van der Waals surface area contributed by atoms with Crippen LogP contribution in [0.2, 0.25) is 0 Å². The topological polar surface area (TPSA) is 150 Å². The molecule has 1 heterocycles. The molecule has 0 fully saturated rings. The molecule has 1 amide bonds. The average Bonchev–Trinajstić information content (AvgIpc) is 2.73. The monoisotopic (exact) mass is 313 g/mol. The van der Waals surface area contributed by atoms with Gasteiger partial charge in [-0.15, -0.1) is 0 Å². The van der Waals surface area contributed by atoms with Gasteiger partial charge in [-0.25, -0.2) is 4.79 Å². The van der Waals surface area contributed by atoms with Crippen molar-refractivity contribution in [1.29, 1.82) is 0 Å². The quantitative estimate of drug-likeness (QED) is 0.525. The van der Waals surface area contributed by atoms with E-state index in [1.165, 1.54) is 13.0 Å². The molecule has 112 valence electrons. The van der Waals surface area contributed by atoms with E-state index in [0.29, 0.717) is 0 Å². The van der Waals surface area contributed by atoms with Crippen LogP contribution < -0.4 is 10.7 Å². The van der Waals surface area contributed by atoms with E-state index in [1.807, 2.05) is 0 Å². The third-order valence-electron chi connectivity index (χ3n) is 2.97. The lowest BCUT2D eigenvalue weighted by molar-refractivity contribution is -0.129. The number of amides is 1. The van der Waals surface area contributed by atoms with Crippen LogP contribution in [0.4, 0.5) is 11.4 Å². The van der Waals surface area contributed by atoms with Gasteiger partial charge in [0, 0.05) is 0 Å². The molecule has 1 aliphatic rings. The van der Waals surface area contributed by atoms with Gasteiger partial charge in [-0.3, -0.25) is 9.35 Å². The molecular weight excluding hydrogens is 302 g/mol. The Hall–Kier alpha value is -2.46. The number of aliphatic carboxylic acids is 1. The summed E-state index contributed by atoms with van der Waals surface area (Å²) < 4.78 is 31.4. The van der Waals surface area contributed by atoms with Gasteiger partial charge < -0.3 is 10.8 Å². The van der Waals surface area contributed by atoms with Crippen LogP contribution in [0.3, 0.4) is 0 Å². The zero-order chi connectivity index (χ0) is 15.9. The van der Waals surface area contributed by atoms with Crippen molar-refractivity contribution < 1.29 is 27.7 Å². The molecule has 0 aliphatic carbocycles. The summed E-state index contributed by atoms with van der Waals surface area (Å²) in [6.07, 6.45) is -0.381. The molecule has 0 atom stereocenters. The Balaban J connectivity index is 2.55. The molecule has 10 heteroatoms. The lowest BCUT2D eigenvalue weighted by Gasteiger charge is -2.17. The molecule has 9 nitrogen and oxygen atoms in total. The van der Waals surface area contributed by atoms with Crippen molar-refractivity contribution >= 4 is 39.1 Å². The number of hydrazone groups is 1. The molecule has 0 bridgehead atoms. The molecule has 21 heavy (non-hydrogen) atoms. The summed E-state index contributed by atoms with van der Waals surface area (Å²) in [5, 5.41) is 13.3. The summed E-state index contributed by atoms with van der Waals surface area (Å²) in [6, 6.07) is 2.25. The number of carboxylic acids is 1. The van der Waals surface area contributed by atoms with Crippen molar-refractivity contribution in [2.24, 2.45) is 5.10 Å². The third kappa shape index (κ3) is 2.58. The number of carbonyl (C=O) groups excluding carboxylic acids is 1. The highest BCUT2D eigenvalue weighted by atomic mass is 32.2. The minimum absolute atomic E-state index is 0.0433. The van der Waals surface area contributed by atoms with Gasteiger partial charge in [0.15, 0.2) is 5.71 Å². The second kappa shape index (κ2) is 4.82. The van der Waals surface area contributed by atoms with Crippen LogP contribution in [0.15, 0.2) is 22.1 Å². The first-order valence-corrected chi connectivity index (χ1v) is 7.07. The van der Waals surface area contributed by atoms with Crippen LogP contribution in [-0.4, -0.2) is 35.7 Å². The molecular formula is C11H11N3O6S. The van der Waals surface area contributed by atoms with Crippen molar-refractivity contribution in [3.05, 3.63) is 17.7 Å². The first-order valence-electron chi connectivity index (χ1n) is 5.63. The average molecular weight is 313 g/mol. The summed E-state index contributed by atoms with van der Waals surface area (Å²) in [5.74, 6) is -1.92. The zero-order valence-electron chi connectivity index (χ0n) is 10.8. The van der Waals surface area contributed by atoms with Gasteiger partial charge in [-0.2, -0.15) is 18.5 Å². The van der Waals surface area contributed by atoms with Gasteiger partial charge in [-0.1, -0.05) is 0 Å². The zero-order valence-corrected chi connectivity index (χ0v) is 11.6. The number of anilines is 2. The van der Waals surface area contributed by atoms with E-state index in [0.717, 1.165) is 11.1 Å². The SMILES string of the molecule is Cc1c(S(=O)(=O)O)ccc(N2N=C(C(=O)O)CC2=O)c1N. The lowest BCUT2D eigenvalue weighted by Crippen LogP contribution is -2.21. The van der Waals surface area contributed by atoms with Crippen molar-refractivity contribution in [2.45, 2.75) is 18.2 Å². The Labute approximate surface area is 119 Å². The maximum Gasteiger partial charge on any atom is 0.352 e. The van der Waals surface area contributed by atoms with Crippen molar-refractivity contribution in [2.75, 3.05) is 10.7 Å². The Morgan fingerprint density at radius 2 is 2.05 bits per heavy atom. The first-order chi connectivity index (χ1) is 9.62. The molecule has 1 aromatic rings. The van der Waals surface area contributed by atoms with Crippen LogP contribution in [0.5, 0.6) is 0 Å². The molecule has 2 rings (SSSR count). The Morgan fingerprint density at radius 3 is 2.52 bits per heavy atom. The standard InChI is InChI=1S/C11H11N3O6S/c1-5-8(21(18,19)20)3-2-7(10(5)12)14-9(15)4-6(13-14)11(16)17/h2-3H,4,12H2,1H3,(H,16,17)(H,18,19,20). The molecule has 0 saturated carbocycles. The first kappa shape index (κ1) is 14.9. The second-order valence-electron chi connectivity index (χ2n) is 4.33. The van der Waals surface area contributed by atoms with E-state index in [4.69, 9.17) is 15.4 Å². The van der Waals surface area contributed by atoms with Crippen LogP contribution in [-0.2, 0) is 19.7 Å². The minimum atomic E-state index is -4.45. The fourth-order valence-electron chi connectivity index (χ4n) is 1.89. The smallest absolute Gasteiger partial charge is 0.352 e. The van der Waals surface area contributed by atoms with Crippen molar-refractivity contribution in [3.8, 4) is 0 Å². The van der Waals surface area contributed by atoms with Crippen LogP contribution in [0.25, 0.3) is 0 Å². The van der Waals surface area contributed by atoms with Gasteiger partial charge in [0.2, 0.25) is 0 Å². The van der Waals surface area contributed by atoms with E-state index >= 15 is 0 Å². The number of nitrogen functional groups attached to an aromatic ring is 1. The van der Waals surface area contributed by atoms with E-state index in [1.54, 1.807) is 0 Å². The summed E-state index contributed by atoms with van der Waals surface area (Å²) in [7, 11) is -4.45. The maximum atomic E-state index is 11.8. The molecule has 0 aromatic heterocycles. The predicted octanol–water partition coefficient (Wildman–Crippen LogP) is 0.00122. The highest BCUT2D eigenvalue weighted by molar-refractivity contribution is 7.85. The van der Waals surface area contributed by atoms with Crippen LogP contribution in [0, 0.1) is 6.92 Å². The van der Waals surface area contributed by atoms with Crippen LogP contribution in [0.1, 0.15) is 12.0 Å². The molecule has 1 aromatic carbocycles. The number of benzene rings is 1. The fourth-order valence-corrected chi connectivity index (χ4v) is 2.63. The fraction of sp³-hybridized carbons (Fsp3) is 0.182. The van der Waals surface area contributed by atoms with Crippen molar-refractivity contribution in [3.63, 3.8) is 0 Å². The summed E-state index contributed by atoms with van der Waals surface area (Å²) in [4.78, 5) is 22.2. The largest absolute Gasteiger partial charge is 0.477 e. The summed E-state index contributed by atoms with van der Waals surface area (Å²) >= 11 is 0. The third-order valence-corrected chi connectivity index (χ3v) is 3.97. The highest BCUT2D eigenvalue weighted by Crippen LogP contribution is 2.33. The second-order valence-corrected chi connectivity index (χ2v) is 5.72. The Kier molecular flexibility index (Phi) is 3.43. The van der Waals surface area contributed by atoms with E-state index in [2.05, 4.69) is 5.10 Å².